The maximum atomic E-state index is 11.6. The van der Waals surface area contributed by atoms with Crippen LogP contribution in [-0.4, -0.2) is 50.2 Å². The topological polar surface area (TPSA) is 99.2 Å². The van der Waals surface area contributed by atoms with Crippen LogP contribution < -0.4 is 0 Å². The molecule has 0 fully saturated rings. The van der Waals surface area contributed by atoms with Crippen molar-refractivity contribution in [3.05, 3.63) is 12.2 Å². The predicted molar refractivity (Wildman–Crippen MR) is 48.8 cm³/mol. The van der Waals surface area contributed by atoms with Gasteiger partial charge in [-0.2, -0.15) is 5.10 Å². The number of carbonyl (C=O) groups excluding carboxylic acids is 1. The van der Waals surface area contributed by atoms with Crippen LogP contribution in [0.1, 0.15) is 10.6 Å². The van der Waals surface area contributed by atoms with Crippen LogP contribution in [0.2, 0.25) is 0 Å². The molecule has 0 aliphatic carbocycles. The Kier molecular flexibility index (Phi) is 3.40. The molecule has 1 rings (SSSR count). The fraction of sp³-hybridized carbons (Fsp3) is 0.250. The maximum absolute atomic E-state index is 11.6. The highest BCUT2D eigenvalue weighted by Crippen LogP contribution is 1.96. The number of amides is 1. The molecule has 0 unspecified atom stereocenters. The summed E-state index contributed by atoms with van der Waals surface area (Å²) in [4.78, 5) is 26.6. The van der Waals surface area contributed by atoms with Crippen molar-refractivity contribution >= 4 is 11.9 Å². The number of H-pyrrole nitrogens is 1. The van der Waals surface area contributed by atoms with E-state index in [1.165, 1.54) is 0 Å². The Morgan fingerprint density at radius 1 is 1.67 bits per heavy atom. The van der Waals surface area contributed by atoms with Crippen LogP contribution in [0, 0.1) is 12.3 Å². The average Bonchev–Trinajstić information content (AvgIpc) is 2.68. The summed E-state index contributed by atoms with van der Waals surface area (Å²) in [5.74, 6) is 0.429. The molecule has 0 aliphatic heterocycles. The number of hydrogen-bond donors (Lipinski definition) is 2. The van der Waals surface area contributed by atoms with Gasteiger partial charge in [-0.05, 0) is 0 Å². The molecule has 0 saturated heterocycles. The average molecular weight is 208 g/mol. The fourth-order valence-corrected chi connectivity index (χ4v) is 0.931. The third-order valence-electron chi connectivity index (χ3n) is 1.51. The Morgan fingerprint density at radius 3 is 2.87 bits per heavy atom. The van der Waals surface area contributed by atoms with Crippen LogP contribution in [0.3, 0.4) is 0 Å². The van der Waals surface area contributed by atoms with E-state index in [0.717, 1.165) is 11.2 Å². The molecule has 0 aromatic carbocycles. The third kappa shape index (κ3) is 2.80. The molecule has 78 valence electrons. The Morgan fingerprint density at radius 2 is 2.40 bits per heavy atom. The number of nitrogens with one attached hydrogen (secondary N) is 1. The van der Waals surface area contributed by atoms with Crippen molar-refractivity contribution in [3.63, 3.8) is 0 Å². The van der Waals surface area contributed by atoms with Crippen molar-refractivity contribution in [2.24, 2.45) is 0 Å². The second kappa shape index (κ2) is 4.76. The van der Waals surface area contributed by atoms with Gasteiger partial charge in [0.2, 0.25) is 5.82 Å². The van der Waals surface area contributed by atoms with E-state index in [9.17, 15) is 9.59 Å². The molecular weight excluding hydrogens is 200 g/mol. The molecule has 0 aliphatic rings. The third-order valence-corrected chi connectivity index (χ3v) is 1.51. The number of carboxylic acid groups (broad SMARTS) is 1. The van der Waals surface area contributed by atoms with Crippen molar-refractivity contribution < 1.29 is 14.7 Å². The first-order valence-corrected chi connectivity index (χ1v) is 3.95. The molecule has 2 N–H and O–H groups in total. The number of aromatic amines is 1. The number of aromatic nitrogens is 3. The number of rotatable bonds is 4. The SMILES string of the molecule is C#CCN(CC(=O)O)C(=O)c1ncn[nH]1. The molecule has 1 aromatic rings. The minimum absolute atomic E-state index is 0.0356. The summed E-state index contributed by atoms with van der Waals surface area (Å²) < 4.78 is 0. The van der Waals surface area contributed by atoms with E-state index in [-0.39, 0.29) is 12.4 Å². The summed E-state index contributed by atoms with van der Waals surface area (Å²) in [6.07, 6.45) is 6.17. The van der Waals surface area contributed by atoms with Crippen molar-refractivity contribution in [1.29, 1.82) is 0 Å². The van der Waals surface area contributed by atoms with Gasteiger partial charge in [0.05, 0.1) is 6.54 Å². The van der Waals surface area contributed by atoms with E-state index in [2.05, 4.69) is 21.1 Å². The van der Waals surface area contributed by atoms with Crippen LogP contribution in [0.25, 0.3) is 0 Å². The quantitative estimate of drug-likeness (QED) is 0.616. The van der Waals surface area contributed by atoms with Gasteiger partial charge in [0.15, 0.2) is 0 Å². The molecule has 0 spiro atoms. The first-order chi connectivity index (χ1) is 7.15. The van der Waals surface area contributed by atoms with E-state index >= 15 is 0 Å². The van der Waals surface area contributed by atoms with Crippen LogP contribution in [-0.2, 0) is 4.79 Å². The summed E-state index contributed by atoms with van der Waals surface area (Å²) in [6, 6.07) is 0. The zero-order valence-electron chi connectivity index (χ0n) is 7.67. The van der Waals surface area contributed by atoms with Crippen molar-refractivity contribution in [3.8, 4) is 12.3 Å². The number of carbonyl (C=O) groups is 2. The number of terminal acetylenes is 1. The molecular formula is C8H8N4O3. The Bertz CT molecular complexity index is 393. The van der Waals surface area contributed by atoms with E-state index in [0.29, 0.717) is 0 Å². The fourth-order valence-electron chi connectivity index (χ4n) is 0.931. The zero-order valence-corrected chi connectivity index (χ0v) is 7.67. The van der Waals surface area contributed by atoms with Gasteiger partial charge in [-0.1, -0.05) is 5.92 Å². The lowest BCUT2D eigenvalue weighted by Crippen LogP contribution is -2.36. The summed E-state index contributed by atoms with van der Waals surface area (Å²) in [7, 11) is 0. The minimum atomic E-state index is -1.14. The van der Waals surface area contributed by atoms with Crippen molar-refractivity contribution in [2.75, 3.05) is 13.1 Å². The van der Waals surface area contributed by atoms with Crippen LogP contribution in [0.4, 0.5) is 0 Å². The molecule has 1 heterocycles. The van der Waals surface area contributed by atoms with E-state index in [1.54, 1.807) is 0 Å². The lowest BCUT2D eigenvalue weighted by atomic mass is 10.4. The second-order valence-electron chi connectivity index (χ2n) is 2.59. The number of aliphatic carboxylic acids is 1. The summed E-state index contributed by atoms with van der Waals surface area (Å²) in [5, 5.41) is 14.4. The first-order valence-electron chi connectivity index (χ1n) is 3.95. The highest BCUT2D eigenvalue weighted by Gasteiger charge is 2.19. The minimum Gasteiger partial charge on any atom is -0.480 e. The number of carboxylic acids is 1. The van der Waals surface area contributed by atoms with Gasteiger partial charge in [0.25, 0.3) is 5.91 Å². The lowest BCUT2D eigenvalue weighted by molar-refractivity contribution is -0.137. The maximum Gasteiger partial charge on any atom is 0.323 e. The summed E-state index contributed by atoms with van der Waals surface area (Å²) in [5.41, 5.74) is 0. The second-order valence-corrected chi connectivity index (χ2v) is 2.59. The molecule has 0 bridgehead atoms. The molecule has 0 atom stereocenters. The van der Waals surface area contributed by atoms with Crippen molar-refractivity contribution in [2.45, 2.75) is 0 Å². The molecule has 0 saturated carbocycles. The zero-order chi connectivity index (χ0) is 11.3. The first kappa shape index (κ1) is 10.7. The van der Waals surface area contributed by atoms with E-state index in [4.69, 9.17) is 11.5 Å². The Hall–Kier alpha value is -2.36. The van der Waals surface area contributed by atoms with E-state index in [1.807, 2.05) is 0 Å². The van der Waals surface area contributed by atoms with Gasteiger partial charge in [-0.25, -0.2) is 4.98 Å². The monoisotopic (exact) mass is 208 g/mol. The van der Waals surface area contributed by atoms with E-state index < -0.39 is 18.4 Å². The highest BCUT2D eigenvalue weighted by atomic mass is 16.4. The standard InChI is InChI=1S/C8H8N4O3/c1-2-3-12(4-6(13)14)8(15)7-9-5-10-11-7/h1,5H,3-4H2,(H,13,14)(H,9,10,11). The van der Waals surface area contributed by atoms with Crippen LogP contribution in [0.15, 0.2) is 6.33 Å². The Balaban J connectivity index is 2.76. The lowest BCUT2D eigenvalue weighted by Gasteiger charge is -2.15. The Labute approximate surface area is 85.1 Å². The molecule has 7 nitrogen and oxygen atoms in total. The molecule has 0 radical (unpaired) electrons. The van der Waals surface area contributed by atoms with Crippen molar-refractivity contribution in [1.82, 2.24) is 20.1 Å². The van der Waals surface area contributed by atoms with Gasteiger partial charge in [-0.3, -0.25) is 14.7 Å². The normalized spacial score (nSPS) is 9.27. The molecule has 15 heavy (non-hydrogen) atoms. The largest absolute Gasteiger partial charge is 0.480 e. The summed E-state index contributed by atoms with van der Waals surface area (Å²) >= 11 is 0. The smallest absolute Gasteiger partial charge is 0.323 e. The van der Waals surface area contributed by atoms with Crippen LogP contribution >= 0.6 is 0 Å². The van der Waals surface area contributed by atoms with Gasteiger partial charge in [-0.15, -0.1) is 6.42 Å². The molecule has 1 amide bonds. The van der Waals surface area contributed by atoms with Gasteiger partial charge >= 0.3 is 5.97 Å². The van der Waals surface area contributed by atoms with Crippen LogP contribution in [0.5, 0.6) is 0 Å². The predicted octanol–water partition coefficient (Wildman–Crippen LogP) is -1.04. The summed E-state index contributed by atoms with van der Waals surface area (Å²) in [6.45, 7) is -0.560. The molecule has 7 heteroatoms. The van der Waals surface area contributed by atoms with Gasteiger partial charge in [0.1, 0.15) is 12.9 Å². The molecule has 1 aromatic heterocycles. The van der Waals surface area contributed by atoms with Gasteiger partial charge in [0, 0.05) is 0 Å². The number of nitrogens with zero attached hydrogens (tertiary/aromatic N) is 3. The van der Waals surface area contributed by atoms with Gasteiger partial charge < -0.3 is 10.0 Å². The number of hydrogen-bond acceptors (Lipinski definition) is 4. The highest BCUT2D eigenvalue weighted by molar-refractivity contribution is 5.92.